The zero-order valence-corrected chi connectivity index (χ0v) is 17.8. The Labute approximate surface area is 176 Å². The molecule has 0 bridgehead atoms. The Morgan fingerprint density at radius 3 is 2.37 bits per heavy atom. The van der Waals surface area contributed by atoms with E-state index in [-0.39, 0.29) is 5.41 Å². The van der Waals surface area contributed by atoms with Crippen molar-refractivity contribution in [3.63, 3.8) is 0 Å². The van der Waals surface area contributed by atoms with Gasteiger partial charge in [0, 0.05) is 23.0 Å². The van der Waals surface area contributed by atoms with Crippen LogP contribution >= 0.6 is 0 Å². The van der Waals surface area contributed by atoms with Crippen LogP contribution in [0, 0.1) is 0 Å². The SMILES string of the molecule is CC(CCc1cc(-n2cnnc2)cc(C(C)(C)C)n1)c1cncc(-n2nccn2)c1. The van der Waals surface area contributed by atoms with Crippen LogP contribution in [-0.2, 0) is 11.8 Å². The average Bonchev–Trinajstić information content (AvgIpc) is 3.45. The van der Waals surface area contributed by atoms with Crippen LogP contribution in [-0.4, -0.2) is 39.7 Å². The molecule has 4 aromatic rings. The van der Waals surface area contributed by atoms with Gasteiger partial charge in [-0.2, -0.15) is 15.0 Å². The Bertz CT molecular complexity index is 1090. The maximum absolute atomic E-state index is 4.94. The summed E-state index contributed by atoms with van der Waals surface area (Å²) in [7, 11) is 0. The number of hydrogen-bond acceptors (Lipinski definition) is 6. The van der Waals surface area contributed by atoms with E-state index in [4.69, 9.17) is 4.98 Å². The molecule has 8 nitrogen and oxygen atoms in total. The first-order valence-corrected chi connectivity index (χ1v) is 10.1. The molecule has 0 aliphatic heterocycles. The van der Waals surface area contributed by atoms with Crippen molar-refractivity contribution in [1.82, 2.24) is 39.7 Å². The van der Waals surface area contributed by atoms with Crippen LogP contribution in [0.25, 0.3) is 11.4 Å². The van der Waals surface area contributed by atoms with E-state index in [0.29, 0.717) is 5.92 Å². The van der Waals surface area contributed by atoms with Gasteiger partial charge in [-0.05, 0) is 42.5 Å². The second kappa shape index (κ2) is 8.14. The minimum absolute atomic E-state index is 0.0423. The highest BCUT2D eigenvalue weighted by molar-refractivity contribution is 5.37. The lowest BCUT2D eigenvalue weighted by Gasteiger charge is -2.20. The van der Waals surface area contributed by atoms with Crippen LogP contribution in [0.15, 0.2) is 55.6 Å². The molecule has 0 saturated heterocycles. The minimum atomic E-state index is -0.0423. The quantitative estimate of drug-likeness (QED) is 0.489. The van der Waals surface area contributed by atoms with Crippen molar-refractivity contribution < 1.29 is 0 Å². The van der Waals surface area contributed by atoms with Crippen molar-refractivity contribution >= 4 is 0 Å². The average molecular weight is 403 g/mol. The third-order valence-corrected chi connectivity index (χ3v) is 5.15. The molecule has 1 unspecified atom stereocenters. The van der Waals surface area contributed by atoms with E-state index >= 15 is 0 Å². The summed E-state index contributed by atoms with van der Waals surface area (Å²) in [5.74, 6) is 0.325. The molecule has 0 spiro atoms. The van der Waals surface area contributed by atoms with Crippen molar-refractivity contribution in [3.8, 4) is 11.4 Å². The summed E-state index contributed by atoms with van der Waals surface area (Å²) >= 11 is 0. The third kappa shape index (κ3) is 4.42. The lowest BCUT2D eigenvalue weighted by Crippen LogP contribution is -2.15. The molecule has 0 saturated carbocycles. The number of rotatable bonds is 6. The molecule has 8 heteroatoms. The fourth-order valence-corrected chi connectivity index (χ4v) is 3.27. The zero-order chi connectivity index (χ0) is 21.1. The summed E-state index contributed by atoms with van der Waals surface area (Å²) in [6, 6.07) is 6.33. The summed E-state index contributed by atoms with van der Waals surface area (Å²) in [6.45, 7) is 8.75. The number of nitrogens with zero attached hydrogens (tertiary/aromatic N) is 8. The molecule has 0 aliphatic carbocycles. The Morgan fingerprint density at radius 1 is 0.933 bits per heavy atom. The van der Waals surface area contributed by atoms with E-state index in [1.807, 2.05) is 10.8 Å². The van der Waals surface area contributed by atoms with E-state index in [9.17, 15) is 0 Å². The van der Waals surface area contributed by atoms with Gasteiger partial charge >= 0.3 is 0 Å². The monoisotopic (exact) mass is 402 g/mol. The zero-order valence-electron chi connectivity index (χ0n) is 17.8. The van der Waals surface area contributed by atoms with Crippen molar-refractivity contribution in [3.05, 3.63) is 72.6 Å². The summed E-state index contributed by atoms with van der Waals surface area (Å²) in [4.78, 5) is 10.9. The lowest BCUT2D eigenvalue weighted by atomic mass is 9.90. The summed E-state index contributed by atoms with van der Waals surface area (Å²) in [5.41, 5.74) is 5.15. The number of aromatic nitrogens is 8. The van der Waals surface area contributed by atoms with Gasteiger partial charge in [0.1, 0.15) is 18.3 Å². The maximum atomic E-state index is 4.94. The summed E-state index contributed by atoms with van der Waals surface area (Å²) in [6.07, 6.45) is 12.3. The first-order chi connectivity index (χ1) is 14.4. The van der Waals surface area contributed by atoms with Gasteiger partial charge in [-0.3, -0.25) is 14.5 Å². The largest absolute Gasteiger partial charge is 0.288 e. The predicted molar refractivity (Wildman–Crippen MR) is 114 cm³/mol. The molecular formula is C22H26N8. The van der Waals surface area contributed by atoms with E-state index < -0.39 is 0 Å². The number of pyridine rings is 2. The smallest absolute Gasteiger partial charge is 0.123 e. The highest BCUT2D eigenvalue weighted by Crippen LogP contribution is 2.26. The fraction of sp³-hybridized carbons (Fsp3) is 0.364. The van der Waals surface area contributed by atoms with Crippen molar-refractivity contribution in [2.75, 3.05) is 0 Å². The second-order valence-corrected chi connectivity index (χ2v) is 8.56. The standard InChI is InChI=1S/C22H26N8/c1-16(17-9-20(13-23-12-17)30-26-7-8-27-30)5-6-18-10-19(29-14-24-25-15-29)11-21(28-18)22(2,3)4/h7-16H,5-6H2,1-4H3. The van der Waals surface area contributed by atoms with Gasteiger partial charge in [0.15, 0.2) is 0 Å². The molecule has 0 fully saturated rings. The normalized spacial score (nSPS) is 12.8. The van der Waals surface area contributed by atoms with Crippen LogP contribution in [0.2, 0.25) is 0 Å². The van der Waals surface area contributed by atoms with Crippen molar-refractivity contribution in [1.29, 1.82) is 0 Å². The molecule has 1 atom stereocenters. The van der Waals surface area contributed by atoms with Gasteiger partial charge in [0.05, 0.1) is 24.3 Å². The molecule has 4 aromatic heterocycles. The van der Waals surface area contributed by atoms with Gasteiger partial charge in [-0.25, -0.2) is 0 Å². The van der Waals surface area contributed by atoms with Gasteiger partial charge < -0.3 is 0 Å². The Balaban J connectivity index is 1.54. The molecule has 30 heavy (non-hydrogen) atoms. The first kappa shape index (κ1) is 19.9. The van der Waals surface area contributed by atoms with E-state index in [1.54, 1.807) is 36.0 Å². The van der Waals surface area contributed by atoms with Crippen molar-refractivity contribution in [2.45, 2.75) is 51.9 Å². The van der Waals surface area contributed by atoms with Crippen LogP contribution in [0.4, 0.5) is 0 Å². The summed E-state index contributed by atoms with van der Waals surface area (Å²) < 4.78 is 1.92. The van der Waals surface area contributed by atoms with E-state index in [1.165, 1.54) is 0 Å². The van der Waals surface area contributed by atoms with Crippen LogP contribution < -0.4 is 0 Å². The molecular weight excluding hydrogens is 376 g/mol. The summed E-state index contributed by atoms with van der Waals surface area (Å²) in [5, 5.41) is 16.3. The molecule has 0 N–H and O–H groups in total. The van der Waals surface area contributed by atoms with E-state index in [2.05, 4.69) is 71.3 Å². The molecule has 4 rings (SSSR count). The third-order valence-electron chi connectivity index (χ3n) is 5.15. The second-order valence-electron chi connectivity index (χ2n) is 8.56. The van der Waals surface area contributed by atoms with Crippen LogP contribution in [0.5, 0.6) is 0 Å². The van der Waals surface area contributed by atoms with Crippen molar-refractivity contribution in [2.24, 2.45) is 0 Å². The van der Waals surface area contributed by atoms with E-state index in [0.717, 1.165) is 41.2 Å². The number of hydrogen-bond donors (Lipinski definition) is 0. The lowest BCUT2D eigenvalue weighted by molar-refractivity contribution is 0.561. The van der Waals surface area contributed by atoms with Crippen LogP contribution in [0.1, 0.15) is 57.0 Å². The highest BCUT2D eigenvalue weighted by atomic mass is 15.5. The Morgan fingerprint density at radius 2 is 1.67 bits per heavy atom. The molecule has 0 aliphatic rings. The topological polar surface area (TPSA) is 87.2 Å². The molecule has 154 valence electrons. The fourth-order valence-electron chi connectivity index (χ4n) is 3.27. The maximum Gasteiger partial charge on any atom is 0.123 e. The van der Waals surface area contributed by atoms with Gasteiger partial charge in [0.2, 0.25) is 0 Å². The predicted octanol–water partition coefficient (Wildman–Crippen LogP) is 3.67. The van der Waals surface area contributed by atoms with Gasteiger partial charge in [-0.1, -0.05) is 27.7 Å². The van der Waals surface area contributed by atoms with Crippen LogP contribution in [0.3, 0.4) is 0 Å². The first-order valence-electron chi connectivity index (χ1n) is 10.1. The molecule has 0 amide bonds. The number of aryl methyl sites for hydroxylation is 1. The Kier molecular flexibility index (Phi) is 5.39. The van der Waals surface area contributed by atoms with Gasteiger partial charge in [-0.15, -0.1) is 10.2 Å². The molecule has 4 heterocycles. The molecule has 0 radical (unpaired) electrons. The minimum Gasteiger partial charge on any atom is -0.288 e. The Hall–Kier alpha value is -3.42. The molecule has 0 aromatic carbocycles. The van der Waals surface area contributed by atoms with Gasteiger partial charge in [0.25, 0.3) is 0 Å². The highest BCUT2D eigenvalue weighted by Gasteiger charge is 2.18.